The highest BCUT2D eigenvalue weighted by Crippen LogP contribution is 2.20. The van der Waals surface area contributed by atoms with Gasteiger partial charge in [-0.2, -0.15) is 0 Å². The van der Waals surface area contributed by atoms with Crippen molar-refractivity contribution in [2.45, 2.75) is 58.0 Å². The van der Waals surface area contributed by atoms with Gasteiger partial charge < -0.3 is 5.32 Å². The van der Waals surface area contributed by atoms with Gasteiger partial charge in [0.05, 0.1) is 11.1 Å². The number of quaternary nitrogens is 1. The van der Waals surface area contributed by atoms with Crippen molar-refractivity contribution in [1.29, 1.82) is 0 Å². The Morgan fingerprint density at radius 1 is 0.900 bits per heavy atom. The predicted octanol–water partition coefficient (Wildman–Crippen LogP) is 1.29. The molecule has 2 N–H and O–H groups in total. The molecule has 1 saturated heterocycles. The fourth-order valence-corrected chi connectivity index (χ4v) is 2.20. The Morgan fingerprint density at radius 2 is 1.30 bits per heavy atom. The quantitative estimate of drug-likeness (QED) is 0.525. The molecule has 1 rings (SSSR count). The van der Waals surface area contributed by atoms with Gasteiger partial charge in [0.1, 0.15) is 0 Å². The number of hydrogen-bond donors (Lipinski definition) is 1. The zero-order valence-corrected chi connectivity index (χ0v) is 7.70. The van der Waals surface area contributed by atoms with Crippen LogP contribution in [0.1, 0.15) is 47.0 Å². The fraction of sp³-hybridized carbons (Fsp3) is 1.00. The normalized spacial score (nSPS) is 30.0. The lowest BCUT2D eigenvalue weighted by Gasteiger charge is -2.38. The lowest BCUT2D eigenvalue weighted by Crippen LogP contribution is -3.04. The second-order valence-corrected chi connectivity index (χ2v) is 4.98. The van der Waals surface area contributed by atoms with Crippen molar-refractivity contribution in [2.75, 3.05) is 0 Å². The summed E-state index contributed by atoms with van der Waals surface area (Å²) in [5.41, 5.74) is 0.976. The molecule has 1 nitrogen and oxygen atoms in total. The van der Waals surface area contributed by atoms with Crippen molar-refractivity contribution in [2.24, 2.45) is 0 Å². The van der Waals surface area contributed by atoms with Crippen LogP contribution < -0.4 is 5.32 Å². The molecule has 0 amide bonds. The minimum Gasteiger partial charge on any atom is -0.337 e. The minimum absolute atomic E-state index is 0.488. The van der Waals surface area contributed by atoms with Crippen LogP contribution in [-0.4, -0.2) is 11.1 Å². The van der Waals surface area contributed by atoms with E-state index in [-0.39, 0.29) is 0 Å². The van der Waals surface area contributed by atoms with Crippen LogP contribution in [0.4, 0.5) is 0 Å². The summed E-state index contributed by atoms with van der Waals surface area (Å²) >= 11 is 0. The summed E-state index contributed by atoms with van der Waals surface area (Å²) in [6.45, 7) is 9.36. The summed E-state index contributed by atoms with van der Waals surface area (Å²) in [6, 6.07) is 0. The summed E-state index contributed by atoms with van der Waals surface area (Å²) in [5, 5.41) is 2.52. The standard InChI is InChI=1S/C9H19N/c1-8(2)6-5-7-9(3,4)10-8/h10H,5-7H2,1-4H3/p+1. The van der Waals surface area contributed by atoms with Crippen molar-refractivity contribution in [3.05, 3.63) is 0 Å². The van der Waals surface area contributed by atoms with Gasteiger partial charge in [-0.05, 0) is 34.1 Å². The number of piperidine rings is 1. The molecule has 0 aliphatic carbocycles. The molecule has 10 heavy (non-hydrogen) atoms. The SMILES string of the molecule is CC1(C)CCCC(C)(C)[NH2+]1. The highest BCUT2D eigenvalue weighted by molar-refractivity contribution is 4.77. The Labute approximate surface area is 64.2 Å². The second kappa shape index (κ2) is 2.23. The Kier molecular flexibility index (Phi) is 1.80. The zero-order chi connectivity index (χ0) is 7.83. The van der Waals surface area contributed by atoms with E-state index in [1.165, 1.54) is 19.3 Å². The van der Waals surface area contributed by atoms with Crippen LogP contribution in [0.2, 0.25) is 0 Å². The molecule has 0 aromatic carbocycles. The largest absolute Gasteiger partial charge is 0.337 e. The van der Waals surface area contributed by atoms with Gasteiger partial charge in [0.25, 0.3) is 0 Å². The molecule has 1 heterocycles. The first kappa shape index (κ1) is 8.06. The number of hydrogen-bond acceptors (Lipinski definition) is 0. The number of nitrogens with two attached hydrogens (primary N) is 1. The van der Waals surface area contributed by atoms with Crippen LogP contribution in [0, 0.1) is 0 Å². The molecule has 0 spiro atoms. The first-order valence-electron chi connectivity index (χ1n) is 4.28. The average molecular weight is 142 g/mol. The maximum Gasteiger partial charge on any atom is 0.0908 e. The summed E-state index contributed by atoms with van der Waals surface area (Å²) in [4.78, 5) is 0. The smallest absolute Gasteiger partial charge is 0.0908 e. The zero-order valence-electron chi connectivity index (χ0n) is 7.70. The van der Waals surface area contributed by atoms with Gasteiger partial charge in [-0.25, -0.2) is 0 Å². The van der Waals surface area contributed by atoms with Crippen molar-refractivity contribution < 1.29 is 5.32 Å². The molecule has 1 heteroatoms. The molecule has 0 saturated carbocycles. The van der Waals surface area contributed by atoms with Crippen LogP contribution in [-0.2, 0) is 0 Å². The van der Waals surface area contributed by atoms with E-state index in [9.17, 15) is 0 Å². The molecule has 1 aliphatic rings. The van der Waals surface area contributed by atoms with E-state index >= 15 is 0 Å². The monoisotopic (exact) mass is 142 g/mol. The van der Waals surface area contributed by atoms with E-state index < -0.39 is 0 Å². The molecular weight excluding hydrogens is 122 g/mol. The van der Waals surface area contributed by atoms with Gasteiger partial charge in [-0.15, -0.1) is 0 Å². The first-order valence-corrected chi connectivity index (χ1v) is 4.28. The first-order chi connectivity index (χ1) is 4.41. The Hall–Kier alpha value is -0.0400. The molecule has 0 bridgehead atoms. The van der Waals surface area contributed by atoms with Gasteiger partial charge in [0.2, 0.25) is 0 Å². The molecule has 0 aromatic heterocycles. The van der Waals surface area contributed by atoms with Gasteiger partial charge in [0, 0.05) is 12.8 Å². The topological polar surface area (TPSA) is 16.6 Å². The molecular formula is C9H20N+. The van der Waals surface area contributed by atoms with Gasteiger partial charge >= 0.3 is 0 Å². The van der Waals surface area contributed by atoms with Gasteiger partial charge in [-0.3, -0.25) is 0 Å². The third kappa shape index (κ3) is 1.98. The summed E-state index contributed by atoms with van der Waals surface area (Å²) in [6.07, 6.45) is 4.14. The van der Waals surface area contributed by atoms with Crippen molar-refractivity contribution >= 4 is 0 Å². The summed E-state index contributed by atoms with van der Waals surface area (Å²) < 4.78 is 0. The molecule has 0 radical (unpaired) electrons. The van der Waals surface area contributed by atoms with Crippen molar-refractivity contribution in [1.82, 2.24) is 0 Å². The predicted molar refractivity (Wildman–Crippen MR) is 43.9 cm³/mol. The van der Waals surface area contributed by atoms with Crippen LogP contribution in [0.25, 0.3) is 0 Å². The molecule has 60 valence electrons. The van der Waals surface area contributed by atoms with E-state index in [2.05, 4.69) is 33.0 Å². The van der Waals surface area contributed by atoms with Crippen LogP contribution in [0.15, 0.2) is 0 Å². The van der Waals surface area contributed by atoms with E-state index in [0.29, 0.717) is 11.1 Å². The Bertz CT molecular complexity index is 111. The van der Waals surface area contributed by atoms with E-state index in [1.807, 2.05) is 0 Å². The summed E-state index contributed by atoms with van der Waals surface area (Å²) in [7, 11) is 0. The molecule has 1 fully saturated rings. The van der Waals surface area contributed by atoms with Crippen LogP contribution in [0.5, 0.6) is 0 Å². The lowest BCUT2D eigenvalue weighted by atomic mass is 9.83. The van der Waals surface area contributed by atoms with Crippen molar-refractivity contribution in [3.8, 4) is 0 Å². The third-order valence-corrected chi connectivity index (χ3v) is 2.42. The van der Waals surface area contributed by atoms with Crippen LogP contribution in [0.3, 0.4) is 0 Å². The fourth-order valence-electron chi connectivity index (χ4n) is 2.20. The highest BCUT2D eigenvalue weighted by Gasteiger charge is 2.35. The third-order valence-electron chi connectivity index (χ3n) is 2.42. The minimum atomic E-state index is 0.488. The van der Waals surface area contributed by atoms with Crippen LogP contribution >= 0.6 is 0 Å². The van der Waals surface area contributed by atoms with Gasteiger partial charge in [-0.1, -0.05) is 0 Å². The maximum absolute atomic E-state index is 2.52. The van der Waals surface area contributed by atoms with E-state index in [1.54, 1.807) is 0 Å². The van der Waals surface area contributed by atoms with Gasteiger partial charge in [0.15, 0.2) is 0 Å². The average Bonchev–Trinajstić information content (AvgIpc) is 1.56. The molecule has 1 aliphatic heterocycles. The van der Waals surface area contributed by atoms with Crippen molar-refractivity contribution in [3.63, 3.8) is 0 Å². The number of rotatable bonds is 0. The molecule has 0 aromatic rings. The highest BCUT2D eigenvalue weighted by atomic mass is 15.0. The Morgan fingerprint density at radius 3 is 1.50 bits per heavy atom. The second-order valence-electron chi connectivity index (χ2n) is 4.98. The van der Waals surface area contributed by atoms with E-state index in [0.717, 1.165) is 0 Å². The maximum atomic E-state index is 2.52. The van der Waals surface area contributed by atoms with E-state index in [4.69, 9.17) is 0 Å². The lowest BCUT2D eigenvalue weighted by molar-refractivity contribution is -0.787. The summed E-state index contributed by atoms with van der Waals surface area (Å²) in [5.74, 6) is 0. The molecule has 0 atom stereocenters. The molecule has 0 unspecified atom stereocenters. The Balaban J connectivity index is 2.56.